The summed E-state index contributed by atoms with van der Waals surface area (Å²) in [6, 6.07) is 11.3. The van der Waals surface area contributed by atoms with Crippen LogP contribution in [0.25, 0.3) is 6.08 Å². The Balaban J connectivity index is 1.63. The van der Waals surface area contributed by atoms with Crippen molar-refractivity contribution in [3.8, 4) is 0 Å². The molecule has 0 fully saturated rings. The Hall–Kier alpha value is -3.68. The summed E-state index contributed by atoms with van der Waals surface area (Å²) >= 11 is 0. The van der Waals surface area contributed by atoms with Gasteiger partial charge in [0.05, 0.1) is 0 Å². The molecule has 0 aliphatic rings. The van der Waals surface area contributed by atoms with Gasteiger partial charge in [0.2, 0.25) is 11.9 Å². The third-order valence-corrected chi connectivity index (χ3v) is 3.58. The van der Waals surface area contributed by atoms with Gasteiger partial charge in [0.15, 0.2) is 12.4 Å². The molecule has 0 spiro atoms. The minimum Gasteiger partial charge on any atom is -0.462 e. The summed E-state index contributed by atoms with van der Waals surface area (Å²) in [6.45, 7) is 3.65. The third kappa shape index (κ3) is 5.15. The molecule has 0 amide bonds. The van der Waals surface area contributed by atoms with Gasteiger partial charge in [-0.25, -0.2) is 4.79 Å². The fraction of sp³-hybridized carbons (Fsp3) is 0.158. The summed E-state index contributed by atoms with van der Waals surface area (Å²) < 4.78 is 10.5. The first-order chi connectivity index (χ1) is 13.0. The van der Waals surface area contributed by atoms with Crippen molar-refractivity contribution in [1.29, 1.82) is 0 Å². The van der Waals surface area contributed by atoms with Crippen LogP contribution in [-0.4, -0.2) is 20.9 Å². The van der Waals surface area contributed by atoms with Crippen LogP contribution in [0.4, 0.5) is 17.6 Å². The number of carbonyl (C=O) groups excluding carboxylic acids is 1. The van der Waals surface area contributed by atoms with E-state index in [-0.39, 0.29) is 24.3 Å². The molecule has 0 aliphatic heterocycles. The zero-order valence-electron chi connectivity index (χ0n) is 15.0. The van der Waals surface area contributed by atoms with Gasteiger partial charge in [-0.15, -0.1) is 0 Å². The fourth-order valence-electron chi connectivity index (χ4n) is 2.27. The first kappa shape index (κ1) is 18.1. The number of nitrogen functional groups attached to an aromatic ring is 1. The number of esters is 1. The Morgan fingerprint density at radius 1 is 1.19 bits per heavy atom. The number of hydrogen-bond acceptors (Lipinski definition) is 8. The number of nitrogens with one attached hydrogen (secondary N) is 1. The molecule has 27 heavy (non-hydrogen) atoms. The second-order valence-corrected chi connectivity index (χ2v) is 5.76. The molecule has 0 radical (unpaired) electrons. The van der Waals surface area contributed by atoms with Crippen LogP contribution >= 0.6 is 0 Å². The molecular weight excluding hydrogens is 346 g/mol. The largest absolute Gasteiger partial charge is 0.462 e. The summed E-state index contributed by atoms with van der Waals surface area (Å²) in [5.41, 5.74) is 7.61. The standard InChI is InChI=1S/C19H19N5O3/c1-12-5-3-4-6-15(12)21-19-23-16(22-18(20)24-19)11-26-17(25)10-9-14-8-7-13(2)27-14/h3-10H,11H2,1-2H3,(H3,20,21,22,23,24)/b10-9+. The van der Waals surface area contributed by atoms with Crippen molar-refractivity contribution in [1.82, 2.24) is 15.0 Å². The summed E-state index contributed by atoms with van der Waals surface area (Å²) in [4.78, 5) is 24.1. The smallest absolute Gasteiger partial charge is 0.331 e. The number of hydrogen-bond donors (Lipinski definition) is 2. The maximum atomic E-state index is 11.8. The molecule has 3 rings (SSSR count). The third-order valence-electron chi connectivity index (χ3n) is 3.58. The molecule has 2 aromatic heterocycles. The average molecular weight is 365 g/mol. The first-order valence-electron chi connectivity index (χ1n) is 8.24. The van der Waals surface area contributed by atoms with Gasteiger partial charge < -0.3 is 20.2 Å². The lowest BCUT2D eigenvalue weighted by molar-refractivity contribution is -0.139. The van der Waals surface area contributed by atoms with E-state index in [2.05, 4.69) is 20.3 Å². The van der Waals surface area contributed by atoms with Gasteiger partial charge in [0.1, 0.15) is 11.5 Å². The number of rotatable bonds is 6. The molecule has 0 unspecified atom stereocenters. The second kappa shape index (κ2) is 8.13. The number of ether oxygens (including phenoxy) is 1. The maximum absolute atomic E-state index is 11.8. The van der Waals surface area contributed by atoms with Crippen molar-refractivity contribution < 1.29 is 13.9 Å². The van der Waals surface area contributed by atoms with E-state index in [1.165, 1.54) is 12.2 Å². The quantitative estimate of drug-likeness (QED) is 0.505. The number of nitrogens with two attached hydrogens (primary N) is 1. The molecule has 8 heteroatoms. The van der Waals surface area contributed by atoms with Crippen molar-refractivity contribution in [3.63, 3.8) is 0 Å². The van der Waals surface area contributed by atoms with Crippen LogP contribution in [0, 0.1) is 13.8 Å². The van der Waals surface area contributed by atoms with Gasteiger partial charge in [0.25, 0.3) is 0 Å². The van der Waals surface area contributed by atoms with Gasteiger partial charge >= 0.3 is 5.97 Å². The Morgan fingerprint density at radius 3 is 2.74 bits per heavy atom. The number of furan rings is 1. The van der Waals surface area contributed by atoms with E-state index >= 15 is 0 Å². The van der Waals surface area contributed by atoms with E-state index in [4.69, 9.17) is 14.9 Å². The van der Waals surface area contributed by atoms with Crippen LogP contribution in [0.1, 0.15) is 22.9 Å². The van der Waals surface area contributed by atoms with Crippen molar-refractivity contribution in [3.05, 3.63) is 65.4 Å². The molecule has 0 aliphatic carbocycles. The Morgan fingerprint density at radius 2 is 2.00 bits per heavy atom. The Kier molecular flexibility index (Phi) is 5.46. The molecule has 2 heterocycles. The Bertz CT molecular complexity index is 981. The summed E-state index contributed by atoms with van der Waals surface area (Å²) in [6.07, 6.45) is 2.80. The molecule has 3 aromatic rings. The molecule has 0 atom stereocenters. The van der Waals surface area contributed by atoms with Crippen LogP contribution in [0.15, 0.2) is 46.9 Å². The topological polar surface area (TPSA) is 116 Å². The number of para-hydroxylation sites is 1. The van der Waals surface area contributed by atoms with Gasteiger partial charge in [-0.2, -0.15) is 15.0 Å². The van der Waals surface area contributed by atoms with E-state index in [1.807, 2.05) is 44.2 Å². The highest BCUT2D eigenvalue weighted by atomic mass is 16.5. The minimum atomic E-state index is -0.545. The number of aryl methyl sites for hydroxylation is 2. The van der Waals surface area contributed by atoms with Crippen molar-refractivity contribution in [2.45, 2.75) is 20.5 Å². The lowest BCUT2D eigenvalue weighted by atomic mass is 10.2. The molecule has 8 nitrogen and oxygen atoms in total. The van der Waals surface area contributed by atoms with Gasteiger partial charge in [-0.05, 0) is 43.7 Å². The number of aromatic nitrogens is 3. The predicted octanol–water partition coefficient (Wildman–Crippen LogP) is 3.16. The molecule has 138 valence electrons. The molecular formula is C19H19N5O3. The fourth-order valence-corrected chi connectivity index (χ4v) is 2.27. The highest BCUT2D eigenvalue weighted by Crippen LogP contribution is 2.18. The summed E-state index contributed by atoms with van der Waals surface area (Å²) in [5, 5.41) is 3.08. The van der Waals surface area contributed by atoms with Crippen molar-refractivity contribution in [2.75, 3.05) is 11.1 Å². The normalized spacial score (nSPS) is 10.9. The number of carbonyl (C=O) groups is 1. The molecule has 0 bridgehead atoms. The van der Waals surface area contributed by atoms with Crippen LogP contribution in [0.5, 0.6) is 0 Å². The van der Waals surface area contributed by atoms with Gasteiger partial charge in [-0.3, -0.25) is 0 Å². The molecule has 0 saturated heterocycles. The van der Waals surface area contributed by atoms with E-state index in [1.54, 1.807) is 6.07 Å². The first-order valence-corrected chi connectivity index (χ1v) is 8.24. The minimum absolute atomic E-state index is 0.0359. The van der Waals surface area contributed by atoms with E-state index in [0.29, 0.717) is 5.76 Å². The van der Waals surface area contributed by atoms with E-state index < -0.39 is 5.97 Å². The van der Waals surface area contributed by atoms with E-state index in [0.717, 1.165) is 17.0 Å². The zero-order valence-corrected chi connectivity index (χ0v) is 15.0. The number of anilines is 3. The maximum Gasteiger partial charge on any atom is 0.331 e. The Labute approximate surface area is 156 Å². The summed E-state index contributed by atoms with van der Waals surface area (Å²) in [5.74, 6) is 1.35. The number of nitrogens with zero attached hydrogens (tertiary/aromatic N) is 3. The summed E-state index contributed by atoms with van der Waals surface area (Å²) in [7, 11) is 0. The SMILES string of the molecule is Cc1ccc(/C=C/C(=O)OCc2nc(N)nc(Nc3ccccc3C)n2)o1. The number of benzene rings is 1. The molecule has 3 N–H and O–H groups in total. The molecule has 1 aromatic carbocycles. The van der Waals surface area contributed by atoms with Crippen LogP contribution in [0.3, 0.4) is 0 Å². The van der Waals surface area contributed by atoms with E-state index in [9.17, 15) is 4.79 Å². The monoisotopic (exact) mass is 365 g/mol. The van der Waals surface area contributed by atoms with Crippen LogP contribution < -0.4 is 11.1 Å². The van der Waals surface area contributed by atoms with Gasteiger partial charge in [-0.1, -0.05) is 18.2 Å². The highest BCUT2D eigenvalue weighted by Gasteiger charge is 2.08. The lowest BCUT2D eigenvalue weighted by Gasteiger charge is -2.09. The van der Waals surface area contributed by atoms with Crippen LogP contribution in [-0.2, 0) is 16.1 Å². The lowest BCUT2D eigenvalue weighted by Crippen LogP contribution is -2.10. The molecule has 0 saturated carbocycles. The second-order valence-electron chi connectivity index (χ2n) is 5.76. The van der Waals surface area contributed by atoms with Gasteiger partial charge in [0, 0.05) is 11.8 Å². The van der Waals surface area contributed by atoms with Crippen LogP contribution in [0.2, 0.25) is 0 Å². The predicted molar refractivity (Wildman–Crippen MR) is 101 cm³/mol. The average Bonchev–Trinajstić information content (AvgIpc) is 3.05. The zero-order chi connectivity index (χ0) is 19.2. The highest BCUT2D eigenvalue weighted by molar-refractivity contribution is 5.86. The van der Waals surface area contributed by atoms with Crippen molar-refractivity contribution in [2.24, 2.45) is 0 Å². The van der Waals surface area contributed by atoms with Crippen molar-refractivity contribution >= 4 is 29.6 Å².